The second-order valence-electron chi connectivity index (χ2n) is 3.29. The number of carboxylic acids is 1. The molecule has 3 N–H and O–H groups in total. The van der Waals surface area contributed by atoms with Crippen molar-refractivity contribution >= 4 is 18.1 Å². The number of hydrogen-bond acceptors (Lipinski definition) is 4. The highest BCUT2D eigenvalue weighted by Crippen LogP contribution is 2.15. The molecule has 5 nitrogen and oxygen atoms in total. The summed E-state index contributed by atoms with van der Waals surface area (Å²) in [5, 5.41) is 8.73. The lowest BCUT2D eigenvalue weighted by molar-refractivity contribution is -0.132. The summed E-state index contributed by atoms with van der Waals surface area (Å²) in [4.78, 5) is 18.3. The van der Waals surface area contributed by atoms with E-state index in [0.29, 0.717) is 0 Å². The SMILES string of the molecule is CC1(C)C=C(C(=O)O)C=NC(N)=N1. The molecule has 13 heavy (non-hydrogen) atoms. The van der Waals surface area contributed by atoms with Crippen molar-refractivity contribution in [3.63, 3.8) is 0 Å². The van der Waals surface area contributed by atoms with Crippen LogP contribution in [0.3, 0.4) is 0 Å². The van der Waals surface area contributed by atoms with Crippen LogP contribution in [0.1, 0.15) is 13.8 Å². The van der Waals surface area contributed by atoms with Crippen molar-refractivity contribution in [3.05, 3.63) is 11.6 Å². The topological polar surface area (TPSA) is 88.0 Å². The van der Waals surface area contributed by atoms with Crippen molar-refractivity contribution in [2.75, 3.05) is 0 Å². The van der Waals surface area contributed by atoms with Crippen molar-refractivity contribution in [3.8, 4) is 0 Å². The fraction of sp³-hybridized carbons (Fsp3) is 0.375. The third kappa shape index (κ3) is 2.40. The molecule has 0 saturated carbocycles. The number of rotatable bonds is 1. The van der Waals surface area contributed by atoms with E-state index < -0.39 is 11.5 Å². The highest BCUT2D eigenvalue weighted by molar-refractivity contribution is 6.11. The van der Waals surface area contributed by atoms with E-state index in [-0.39, 0.29) is 11.5 Å². The lowest BCUT2D eigenvalue weighted by Gasteiger charge is -2.13. The van der Waals surface area contributed by atoms with Gasteiger partial charge in [-0.2, -0.15) is 0 Å². The first kappa shape index (κ1) is 9.44. The van der Waals surface area contributed by atoms with Crippen LogP contribution in [0, 0.1) is 0 Å². The third-order valence-corrected chi connectivity index (χ3v) is 1.49. The second kappa shape index (κ2) is 3.01. The molecule has 0 atom stereocenters. The van der Waals surface area contributed by atoms with Crippen molar-refractivity contribution in [1.82, 2.24) is 0 Å². The summed E-state index contributed by atoms with van der Waals surface area (Å²) in [6, 6.07) is 0. The van der Waals surface area contributed by atoms with Gasteiger partial charge in [-0.3, -0.25) is 0 Å². The van der Waals surface area contributed by atoms with Gasteiger partial charge in [-0.05, 0) is 19.9 Å². The molecule has 0 aliphatic carbocycles. The average Bonchev–Trinajstić information content (AvgIpc) is 2.07. The van der Waals surface area contributed by atoms with Gasteiger partial charge in [-0.15, -0.1) is 0 Å². The van der Waals surface area contributed by atoms with Gasteiger partial charge < -0.3 is 10.8 Å². The number of carboxylic acid groups (broad SMARTS) is 1. The number of carbonyl (C=O) groups is 1. The molecule has 0 aromatic heterocycles. The van der Waals surface area contributed by atoms with E-state index in [1.165, 1.54) is 12.3 Å². The maximum atomic E-state index is 10.7. The maximum absolute atomic E-state index is 10.7. The van der Waals surface area contributed by atoms with Crippen LogP contribution in [0.5, 0.6) is 0 Å². The van der Waals surface area contributed by atoms with Gasteiger partial charge in [0.25, 0.3) is 0 Å². The molecule has 1 aliphatic rings. The zero-order valence-corrected chi connectivity index (χ0v) is 7.48. The summed E-state index contributed by atoms with van der Waals surface area (Å²) in [5.74, 6) is -0.931. The Morgan fingerprint density at radius 3 is 2.77 bits per heavy atom. The summed E-state index contributed by atoms with van der Waals surface area (Å²) in [6.45, 7) is 3.52. The Labute approximate surface area is 75.7 Å². The first-order valence-corrected chi connectivity index (χ1v) is 3.76. The molecule has 0 spiro atoms. The lowest BCUT2D eigenvalue weighted by atomic mass is 10.0. The van der Waals surface area contributed by atoms with E-state index in [2.05, 4.69) is 9.98 Å². The standard InChI is InChI=1S/C8H11N3O2/c1-8(2)3-5(6(12)13)4-10-7(9)11-8/h3-4H,1-2H3,(H2,9,11)(H,12,13). The summed E-state index contributed by atoms with van der Waals surface area (Å²) in [7, 11) is 0. The molecule has 1 rings (SSSR count). The lowest BCUT2D eigenvalue weighted by Crippen LogP contribution is -2.19. The first-order chi connectivity index (χ1) is 5.91. The fourth-order valence-corrected chi connectivity index (χ4v) is 1.03. The molecular formula is C8H11N3O2. The minimum atomic E-state index is -1.03. The summed E-state index contributed by atoms with van der Waals surface area (Å²) < 4.78 is 0. The molecule has 0 aromatic rings. The molecule has 70 valence electrons. The normalized spacial score (nSPS) is 20.2. The zero-order valence-electron chi connectivity index (χ0n) is 7.48. The van der Waals surface area contributed by atoms with E-state index in [1.54, 1.807) is 13.8 Å². The smallest absolute Gasteiger partial charge is 0.337 e. The molecule has 0 saturated heterocycles. The van der Waals surface area contributed by atoms with Crippen LogP contribution in [0.2, 0.25) is 0 Å². The molecule has 5 heteroatoms. The monoisotopic (exact) mass is 181 g/mol. The zero-order chi connectivity index (χ0) is 10.1. The first-order valence-electron chi connectivity index (χ1n) is 3.76. The van der Waals surface area contributed by atoms with E-state index in [9.17, 15) is 4.79 Å². The molecule has 0 radical (unpaired) electrons. The van der Waals surface area contributed by atoms with Crippen LogP contribution in [-0.4, -0.2) is 28.8 Å². The van der Waals surface area contributed by atoms with E-state index in [0.717, 1.165) is 0 Å². The highest BCUT2D eigenvalue weighted by atomic mass is 16.4. The van der Waals surface area contributed by atoms with Gasteiger partial charge in [-0.25, -0.2) is 14.8 Å². The number of nitrogens with two attached hydrogens (primary N) is 1. The van der Waals surface area contributed by atoms with Crippen molar-refractivity contribution in [2.24, 2.45) is 15.7 Å². The number of aliphatic carboxylic acids is 1. The van der Waals surface area contributed by atoms with Gasteiger partial charge in [0.15, 0.2) is 0 Å². The molecular weight excluding hydrogens is 170 g/mol. The average molecular weight is 181 g/mol. The molecule has 0 fully saturated rings. The predicted octanol–water partition coefficient (Wildman–Crippen LogP) is 0.175. The Morgan fingerprint density at radius 2 is 2.23 bits per heavy atom. The maximum Gasteiger partial charge on any atom is 0.337 e. The minimum Gasteiger partial charge on any atom is -0.478 e. The highest BCUT2D eigenvalue weighted by Gasteiger charge is 2.19. The van der Waals surface area contributed by atoms with Gasteiger partial charge in [0.2, 0.25) is 5.96 Å². The summed E-state index contributed by atoms with van der Waals surface area (Å²) in [6.07, 6.45) is 2.72. The van der Waals surface area contributed by atoms with Crippen molar-refractivity contribution in [2.45, 2.75) is 19.4 Å². The van der Waals surface area contributed by atoms with E-state index >= 15 is 0 Å². The Bertz CT molecular complexity index is 326. The third-order valence-electron chi connectivity index (χ3n) is 1.49. The molecule has 1 heterocycles. The second-order valence-corrected chi connectivity index (χ2v) is 3.29. The fourth-order valence-electron chi connectivity index (χ4n) is 1.03. The van der Waals surface area contributed by atoms with Crippen LogP contribution in [0.4, 0.5) is 0 Å². The number of aliphatic imine (C=N–C) groups is 2. The molecule has 0 aromatic carbocycles. The Kier molecular flexibility index (Phi) is 2.18. The van der Waals surface area contributed by atoms with Crippen LogP contribution in [-0.2, 0) is 4.79 Å². The molecule has 0 bridgehead atoms. The molecule has 1 aliphatic heterocycles. The van der Waals surface area contributed by atoms with Gasteiger partial charge in [0.1, 0.15) is 0 Å². The number of guanidine groups is 1. The minimum absolute atomic E-state index is 0.0949. The largest absolute Gasteiger partial charge is 0.478 e. The van der Waals surface area contributed by atoms with Crippen LogP contribution in [0.15, 0.2) is 21.6 Å². The van der Waals surface area contributed by atoms with E-state index in [1.807, 2.05) is 0 Å². The van der Waals surface area contributed by atoms with Gasteiger partial charge >= 0.3 is 5.97 Å². The quantitative estimate of drug-likeness (QED) is 0.604. The number of nitrogens with zero attached hydrogens (tertiary/aromatic N) is 2. The van der Waals surface area contributed by atoms with E-state index in [4.69, 9.17) is 10.8 Å². The Morgan fingerprint density at radius 1 is 1.62 bits per heavy atom. The summed E-state index contributed by atoms with van der Waals surface area (Å²) in [5.41, 5.74) is 4.89. The Balaban J connectivity index is 3.11. The van der Waals surface area contributed by atoms with Crippen molar-refractivity contribution < 1.29 is 9.90 Å². The van der Waals surface area contributed by atoms with Crippen molar-refractivity contribution in [1.29, 1.82) is 0 Å². The molecule has 0 unspecified atom stereocenters. The van der Waals surface area contributed by atoms with Crippen LogP contribution >= 0.6 is 0 Å². The molecule has 0 amide bonds. The predicted molar refractivity (Wildman–Crippen MR) is 49.9 cm³/mol. The van der Waals surface area contributed by atoms with Crippen LogP contribution in [0.25, 0.3) is 0 Å². The number of hydrogen-bond donors (Lipinski definition) is 2. The summed E-state index contributed by atoms with van der Waals surface area (Å²) >= 11 is 0. The van der Waals surface area contributed by atoms with Crippen LogP contribution < -0.4 is 5.73 Å². The Hall–Kier alpha value is -1.65. The van der Waals surface area contributed by atoms with Gasteiger partial charge in [0, 0.05) is 6.21 Å². The van der Waals surface area contributed by atoms with Gasteiger partial charge in [0.05, 0.1) is 11.1 Å². The van der Waals surface area contributed by atoms with Gasteiger partial charge in [-0.1, -0.05) is 0 Å².